The van der Waals surface area contributed by atoms with E-state index in [0.717, 1.165) is 12.8 Å². The maximum Gasteiger partial charge on any atom is 0.251 e. The molecule has 1 aromatic heterocycles. The van der Waals surface area contributed by atoms with Crippen LogP contribution in [0.1, 0.15) is 24.6 Å². The van der Waals surface area contributed by atoms with Crippen LogP contribution in [0.2, 0.25) is 5.02 Å². The number of aromatic amines is 1. The van der Waals surface area contributed by atoms with Gasteiger partial charge in [-0.1, -0.05) is 11.6 Å². The van der Waals surface area contributed by atoms with Gasteiger partial charge in [0.2, 0.25) is 0 Å². The first-order valence-electron chi connectivity index (χ1n) is 5.70. The van der Waals surface area contributed by atoms with Gasteiger partial charge in [0.25, 0.3) is 5.56 Å². The molecule has 1 saturated carbocycles. The lowest BCUT2D eigenvalue weighted by Gasteiger charge is -2.05. The van der Waals surface area contributed by atoms with Crippen molar-refractivity contribution in [3.05, 3.63) is 51.3 Å². The summed E-state index contributed by atoms with van der Waals surface area (Å²) in [6.07, 6.45) is 2.09. The zero-order valence-corrected chi connectivity index (χ0v) is 10.2. The standard InChI is InChI=1S/C13H10ClFN2O/c14-10-5-8(15)3-4-9(10)11-6-12(18)17-13(16-11)7-1-2-7/h3-7H,1-2H2,(H,16,17,18). The molecule has 1 N–H and O–H groups in total. The quantitative estimate of drug-likeness (QED) is 0.906. The fraction of sp³-hybridized carbons (Fsp3) is 0.231. The van der Waals surface area contributed by atoms with Crippen molar-refractivity contribution in [3.63, 3.8) is 0 Å². The van der Waals surface area contributed by atoms with Crippen LogP contribution in [-0.2, 0) is 0 Å². The maximum absolute atomic E-state index is 13.0. The van der Waals surface area contributed by atoms with Gasteiger partial charge in [-0.15, -0.1) is 0 Å². The Morgan fingerprint density at radius 2 is 2.11 bits per heavy atom. The second-order valence-electron chi connectivity index (χ2n) is 4.41. The number of benzene rings is 1. The lowest BCUT2D eigenvalue weighted by atomic mass is 10.1. The number of nitrogens with one attached hydrogen (secondary N) is 1. The van der Waals surface area contributed by atoms with Gasteiger partial charge in [0.1, 0.15) is 11.6 Å². The van der Waals surface area contributed by atoms with Crippen LogP contribution in [0.25, 0.3) is 11.3 Å². The number of hydrogen-bond acceptors (Lipinski definition) is 2. The number of halogens is 2. The average molecular weight is 265 g/mol. The molecule has 92 valence electrons. The van der Waals surface area contributed by atoms with E-state index in [2.05, 4.69) is 9.97 Å². The van der Waals surface area contributed by atoms with Crippen LogP contribution in [0, 0.1) is 5.82 Å². The van der Waals surface area contributed by atoms with E-state index in [1.807, 2.05) is 0 Å². The Morgan fingerprint density at radius 1 is 1.33 bits per heavy atom. The van der Waals surface area contributed by atoms with Gasteiger partial charge >= 0.3 is 0 Å². The molecule has 3 nitrogen and oxygen atoms in total. The summed E-state index contributed by atoms with van der Waals surface area (Å²) in [5, 5.41) is 0.259. The van der Waals surface area contributed by atoms with Crippen molar-refractivity contribution < 1.29 is 4.39 Å². The first-order chi connectivity index (χ1) is 8.63. The van der Waals surface area contributed by atoms with Crippen LogP contribution in [0.15, 0.2) is 29.1 Å². The van der Waals surface area contributed by atoms with Gasteiger partial charge in [-0.25, -0.2) is 9.37 Å². The molecule has 18 heavy (non-hydrogen) atoms. The van der Waals surface area contributed by atoms with Gasteiger partial charge in [0.15, 0.2) is 0 Å². The van der Waals surface area contributed by atoms with Crippen molar-refractivity contribution in [3.8, 4) is 11.3 Å². The lowest BCUT2D eigenvalue weighted by Crippen LogP contribution is -2.10. The number of H-pyrrole nitrogens is 1. The van der Waals surface area contributed by atoms with Gasteiger partial charge in [-0.05, 0) is 31.0 Å². The lowest BCUT2D eigenvalue weighted by molar-refractivity contribution is 0.628. The van der Waals surface area contributed by atoms with E-state index in [9.17, 15) is 9.18 Å². The van der Waals surface area contributed by atoms with Crippen LogP contribution in [0.4, 0.5) is 4.39 Å². The van der Waals surface area contributed by atoms with E-state index in [1.165, 1.54) is 24.3 Å². The maximum atomic E-state index is 13.0. The summed E-state index contributed by atoms with van der Waals surface area (Å²) in [7, 11) is 0. The molecule has 0 bridgehead atoms. The highest BCUT2D eigenvalue weighted by Crippen LogP contribution is 2.38. The molecular weight excluding hydrogens is 255 g/mol. The monoisotopic (exact) mass is 264 g/mol. The van der Waals surface area contributed by atoms with Gasteiger partial charge in [-0.2, -0.15) is 0 Å². The predicted octanol–water partition coefficient (Wildman–Crippen LogP) is 3.11. The van der Waals surface area contributed by atoms with E-state index >= 15 is 0 Å². The average Bonchev–Trinajstić information content (AvgIpc) is 3.11. The molecule has 1 fully saturated rings. The molecule has 1 aromatic carbocycles. The number of nitrogens with zero attached hydrogens (tertiary/aromatic N) is 1. The number of rotatable bonds is 2. The van der Waals surface area contributed by atoms with Gasteiger partial charge in [0.05, 0.1) is 10.7 Å². The molecule has 1 aliphatic rings. The summed E-state index contributed by atoms with van der Waals surface area (Å²) < 4.78 is 13.0. The number of aromatic nitrogens is 2. The summed E-state index contributed by atoms with van der Waals surface area (Å²) in [6.45, 7) is 0. The SMILES string of the molecule is O=c1cc(-c2ccc(F)cc2Cl)nc(C2CC2)[nH]1. The van der Waals surface area contributed by atoms with Crippen molar-refractivity contribution in [2.75, 3.05) is 0 Å². The minimum absolute atomic E-state index is 0.206. The first-order valence-corrected chi connectivity index (χ1v) is 6.08. The molecule has 1 aliphatic carbocycles. The molecule has 1 heterocycles. The van der Waals surface area contributed by atoms with Crippen LogP contribution in [-0.4, -0.2) is 9.97 Å². The van der Waals surface area contributed by atoms with Crippen molar-refractivity contribution in [2.24, 2.45) is 0 Å². The second kappa shape index (κ2) is 4.21. The summed E-state index contributed by atoms with van der Waals surface area (Å²) in [6, 6.07) is 5.44. The van der Waals surface area contributed by atoms with Crippen LogP contribution in [0.3, 0.4) is 0 Å². The van der Waals surface area contributed by atoms with Crippen LogP contribution >= 0.6 is 11.6 Å². The Morgan fingerprint density at radius 3 is 2.78 bits per heavy atom. The Labute approximate surface area is 108 Å². The summed E-state index contributed by atoms with van der Waals surface area (Å²) >= 11 is 5.97. The van der Waals surface area contributed by atoms with Crippen LogP contribution in [0.5, 0.6) is 0 Å². The molecule has 3 rings (SSSR count). The first kappa shape index (κ1) is 11.4. The van der Waals surface area contributed by atoms with E-state index < -0.39 is 5.82 Å². The molecule has 0 amide bonds. The van der Waals surface area contributed by atoms with Crippen molar-refractivity contribution in [1.82, 2.24) is 9.97 Å². The van der Waals surface area contributed by atoms with E-state index in [1.54, 1.807) is 0 Å². The van der Waals surface area contributed by atoms with Gasteiger partial charge < -0.3 is 4.98 Å². The molecule has 5 heteroatoms. The molecule has 0 aliphatic heterocycles. The van der Waals surface area contributed by atoms with Crippen molar-refractivity contribution >= 4 is 11.6 Å². The Hall–Kier alpha value is -1.68. The molecular formula is C13H10ClFN2O. The topological polar surface area (TPSA) is 45.8 Å². The normalized spacial score (nSPS) is 14.8. The third-order valence-electron chi connectivity index (χ3n) is 2.93. The molecule has 2 aromatic rings. The summed E-state index contributed by atoms with van der Waals surface area (Å²) in [5.41, 5.74) is 0.860. The Kier molecular flexibility index (Phi) is 2.67. The van der Waals surface area contributed by atoms with E-state index in [4.69, 9.17) is 11.6 Å². The highest BCUT2D eigenvalue weighted by molar-refractivity contribution is 6.33. The predicted molar refractivity (Wildman–Crippen MR) is 67.2 cm³/mol. The third kappa shape index (κ3) is 2.16. The molecule has 0 saturated heterocycles. The zero-order chi connectivity index (χ0) is 12.7. The molecule has 0 unspecified atom stereocenters. The zero-order valence-electron chi connectivity index (χ0n) is 9.41. The van der Waals surface area contributed by atoms with Gasteiger partial charge in [-0.3, -0.25) is 4.79 Å². The van der Waals surface area contributed by atoms with E-state index in [0.29, 0.717) is 23.0 Å². The second-order valence-corrected chi connectivity index (χ2v) is 4.82. The molecule has 0 spiro atoms. The highest BCUT2D eigenvalue weighted by Gasteiger charge is 2.26. The third-order valence-corrected chi connectivity index (χ3v) is 3.24. The molecule has 0 radical (unpaired) electrons. The molecule has 0 atom stereocenters. The van der Waals surface area contributed by atoms with Crippen LogP contribution < -0.4 is 5.56 Å². The fourth-order valence-corrected chi connectivity index (χ4v) is 2.13. The largest absolute Gasteiger partial charge is 0.310 e. The minimum Gasteiger partial charge on any atom is -0.310 e. The smallest absolute Gasteiger partial charge is 0.251 e. The van der Waals surface area contributed by atoms with Crippen molar-refractivity contribution in [1.29, 1.82) is 0 Å². The highest BCUT2D eigenvalue weighted by atomic mass is 35.5. The Bertz CT molecular complexity index is 664. The number of hydrogen-bond donors (Lipinski definition) is 1. The van der Waals surface area contributed by atoms with Gasteiger partial charge in [0, 0.05) is 17.5 Å². The summed E-state index contributed by atoms with van der Waals surface area (Å²) in [4.78, 5) is 18.7. The Balaban J connectivity index is 2.13. The summed E-state index contributed by atoms with van der Waals surface area (Å²) in [5.74, 6) is 0.630. The minimum atomic E-state index is -0.406. The fourth-order valence-electron chi connectivity index (χ4n) is 1.86. The van der Waals surface area contributed by atoms with E-state index in [-0.39, 0.29) is 10.6 Å². The van der Waals surface area contributed by atoms with Crippen molar-refractivity contribution in [2.45, 2.75) is 18.8 Å².